The normalized spacial score (nSPS) is 11.5. The maximum Gasteiger partial charge on any atom is 0.140 e. The second kappa shape index (κ2) is 11.0. The van der Waals surface area contributed by atoms with E-state index in [1.165, 1.54) is 43.8 Å². The van der Waals surface area contributed by atoms with Crippen LogP contribution >= 0.6 is 0 Å². The van der Waals surface area contributed by atoms with Gasteiger partial charge in [0, 0.05) is 16.8 Å². The molecule has 0 spiro atoms. The molecule has 0 atom stereocenters. The van der Waals surface area contributed by atoms with Gasteiger partial charge in [0.25, 0.3) is 0 Å². The van der Waals surface area contributed by atoms with Gasteiger partial charge in [0.05, 0.1) is 11.1 Å². The van der Waals surface area contributed by atoms with E-state index in [1.54, 1.807) is 0 Å². The van der Waals surface area contributed by atoms with Crippen molar-refractivity contribution in [2.75, 3.05) is 4.90 Å². The molecule has 0 radical (unpaired) electrons. The van der Waals surface area contributed by atoms with Crippen LogP contribution in [-0.2, 0) is 0 Å². The van der Waals surface area contributed by atoms with Crippen LogP contribution in [0, 0.1) is 6.92 Å². The van der Waals surface area contributed by atoms with Crippen molar-refractivity contribution in [1.29, 1.82) is 0 Å². The SMILES string of the molecule is Cc1ccc(N(c2ccc(-c3ccccc3)cc2)c2ccc(-c3cc4ccccc4c4ccccc34)cc2)c2c1oc1ccccc12. The summed E-state index contributed by atoms with van der Waals surface area (Å²) < 4.78 is 6.45. The standard InChI is InChI=1S/C45H31NO/c1-30-19-28-42(44-40-17-9-10-18-43(40)47-45(30)44)46(35-24-20-32(21-25-35)31-11-3-2-4-12-31)36-26-22-33(23-27-36)41-29-34-13-5-6-14-37(34)38-15-7-8-16-39(38)41/h2-29H,1H3. The number of rotatable bonds is 5. The van der Waals surface area contributed by atoms with Gasteiger partial charge >= 0.3 is 0 Å². The summed E-state index contributed by atoms with van der Waals surface area (Å²) in [6, 6.07) is 60.9. The first-order valence-electron chi connectivity index (χ1n) is 16.1. The molecule has 0 aliphatic rings. The lowest BCUT2D eigenvalue weighted by Gasteiger charge is -2.27. The van der Waals surface area contributed by atoms with E-state index in [0.717, 1.165) is 44.6 Å². The van der Waals surface area contributed by atoms with E-state index in [4.69, 9.17) is 4.42 Å². The van der Waals surface area contributed by atoms with Crippen molar-refractivity contribution in [3.63, 3.8) is 0 Å². The van der Waals surface area contributed by atoms with Crippen molar-refractivity contribution in [2.24, 2.45) is 0 Å². The molecule has 0 aliphatic heterocycles. The van der Waals surface area contributed by atoms with Crippen molar-refractivity contribution in [1.82, 2.24) is 0 Å². The van der Waals surface area contributed by atoms with Crippen LogP contribution in [0.25, 0.3) is 65.7 Å². The predicted octanol–water partition coefficient (Wildman–Crippen LogP) is 13.0. The molecule has 222 valence electrons. The lowest BCUT2D eigenvalue weighted by atomic mass is 9.93. The van der Waals surface area contributed by atoms with Crippen molar-refractivity contribution in [3.05, 3.63) is 175 Å². The van der Waals surface area contributed by atoms with E-state index in [2.05, 4.69) is 176 Å². The van der Waals surface area contributed by atoms with E-state index in [1.807, 2.05) is 6.07 Å². The molecule has 9 rings (SSSR count). The molecule has 0 bridgehead atoms. The lowest BCUT2D eigenvalue weighted by molar-refractivity contribution is 0.666. The Morgan fingerprint density at radius 3 is 1.77 bits per heavy atom. The number of nitrogens with zero attached hydrogens (tertiary/aromatic N) is 1. The first kappa shape index (κ1) is 27.2. The fourth-order valence-corrected chi connectivity index (χ4v) is 7.07. The highest BCUT2D eigenvalue weighted by Crippen LogP contribution is 2.45. The van der Waals surface area contributed by atoms with Crippen molar-refractivity contribution < 1.29 is 4.42 Å². The van der Waals surface area contributed by atoms with E-state index < -0.39 is 0 Å². The number of aryl methyl sites for hydroxylation is 1. The Morgan fingerprint density at radius 2 is 1.02 bits per heavy atom. The second-order valence-electron chi connectivity index (χ2n) is 12.2. The summed E-state index contributed by atoms with van der Waals surface area (Å²) in [5, 5.41) is 7.31. The summed E-state index contributed by atoms with van der Waals surface area (Å²) in [5.74, 6) is 0. The fourth-order valence-electron chi connectivity index (χ4n) is 7.07. The molecule has 1 aromatic heterocycles. The van der Waals surface area contributed by atoms with Crippen molar-refractivity contribution in [2.45, 2.75) is 6.92 Å². The molecular weight excluding hydrogens is 571 g/mol. The molecule has 0 amide bonds. The molecule has 2 heteroatoms. The summed E-state index contributed by atoms with van der Waals surface area (Å²) in [5.41, 5.74) is 11.0. The molecule has 0 saturated carbocycles. The van der Waals surface area contributed by atoms with Gasteiger partial charge in [-0.15, -0.1) is 0 Å². The van der Waals surface area contributed by atoms with E-state index in [9.17, 15) is 0 Å². The third-order valence-corrected chi connectivity index (χ3v) is 9.38. The third kappa shape index (κ3) is 4.57. The molecule has 1 heterocycles. The van der Waals surface area contributed by atoms with Gasteiger partial charge in [-0.25, -0.2) is 0 Å². The predicted molar refractivity (Wildman–Crippen MR) is 199 cm³/mol. The molecule has 0 saturated heterocycles. The Labute approximate surface area is 273 Å². The Bertz CT molecular complexity index is 2560. The number of furan rings is 1. The minimum atomic E-state index is 0.899. The highest BCUT2D eigenvalue weighted by atomic mass is 16.3. The van der Waals surface area contributed by atoms with E-state index in [0.29, 0.717) is 0 Å². The fraction of sp³-hybridized carbons (Fsp3) is 0.0222. The molecule has 9 aromatic rings. The van der Waals surface area contributed by atoms with Crippen LogP contribution in [0.4, 0.5) is 17.1 Å². The van der Waals surface area contributed by atoms with Gasteiger partial charge in [-0.1, -0.05) is 127 Å². The van der Waals surface area contributed by atoms with Gasteiger partial charge < -0.3 is 9.32 Å². The summed E-state index contributed by atoms with van der Waals surface area (Å²) in [4.78, 5) is 2.36. The molecule has 0 unspecified atom stereocenters. The highest BCUT2D eigenvalue weighted by molar-refractivity contribution is 6.15. The third-order valence-electron chi connectivity index (χ3n) is 9.38. The molecule has 2 nitrogen and oxygen atoms in total. The van der Waals surface area contributed by atoms with Crippen LogP contribution in [0.2, 0.25) is 0 Å². The van der Waals surface area contributed by atoms with Crippen LogP contribution in [-0.4, -0.2) is 0 Å². The Morgan fingerprint density at radius 1 is 0.447 bits per heavy atom. The number of hydrogen-bond acceptors (Lipinski definition) is 2. The Hall–Kier alpha value is -6.12. The summed E-state index contributed by atoms with van der Waals surface area (Å²) in [7, 11) is 0. The molecule has 0 fully saturated rings. The number of anilines is 3. The zero-order valence-electron chi connectivity index (χ0n) is 26.0. The monoisotopic (exact) mass is 601 g/mol. The van der Waals surface area contributed by atoms with Gasteiger partial charge in [0.15, 0.2) is 0 Å². The largest absolute Gasteiger partial charge is 0.456 e. The molecule has 8 aromatic carbocycles. The minimum absolute atomic E-state index is 0.899. The Balaban J connectivity index is 1.23. The van der Waals surface area contributed by atoms with Crippen molar-refractivity contribution in [3.8, 4) is 22.3 Å². The maximum absolute atomic E-state index is 6.45. The van der Waals surface area contributed by atoms with E-state index >= 15 is 0 Å². The lowest BCUT2D eigenvalue weighted by Crippen LogP contribution is -2.10. The number of hydrogen-bond donors (Lipinski definition) is 0. The number of fused-ring (bicyclic) bond motifs is 6. The quantitative estimate of drug-likeness (QED) is 0.182. The summed E-state index contributed by atoms with van der Waals surface area (Å²) in [6.07, 6.45) is 0. The van der Waals surface area contributed by atoms with E-state index in [-0.39, 0.29) is 0 Å². The van der Waals surface area contributed by atoms with Gasteiger partial charge in [-0.2, -0.15) is 0 Å². The zero-order chi connectivity index (χ0) is 31.3. The van der Waals surface area contributed by atoms with Crippen LogP contribution in [0.3, 0.4) is 0 Å². The first-order valence-corrected chi connectivity index (χ1v) is 16.1. The zero-order valence-corrected chi connectivity index (χ0v) is 26.0. The van der Waals surface area contributed by atoms with Gasteiger partial charge in [0.1, 0.15) is 11.2 Å². The molecule has 47 heavy (non-hydrogen) atoms. The summed E-state index contributed by atoms with van der Waals surface area (Å²) >= 11 is 0. The van der Waals surface area contributed by atoms with Gasteiger partial charge in [-0.3, -0.25) is 0 Å². The molecule has 0 aliphatic carbocycles. The second-order valence-corrected chi connectivity index (χ2v) is 12.2. The smallest absolute Gasteiger partial charge is 0.140 e. The van der Waals surface area contributed by atoms with Crippen LogP contribution < -0.4 is 4.90 Å². The number of benzene rings is 8. The Kier molecular flexibility index (Phi) is 6.39. The molecule has 0 N–H and O–H groups in total. The maximum atomic E-state index is 6.45. The minimum Gasteiger partial charge on any atom is -0.456 e. The topological polar surface area (TPSA) is 16.4 Å². The van der Waals surface area contributed by atoms with Gasteiger partial charge in [-0.05, 0) is 98.8 Å². The average molecular weight is 602 g/mol. The van der Waals surface area contributed by atoms with Crippen LogP contribution in [0.5, 0.6) is 0 Å². The van der Waals surface area contributed by atoms with Crippen LogP contribution in [0.1, 0.15) is 5.56 Å². The summed E-state index contributed by atoms with van der Waals surface area (Å²) in [6.45, 7) is 2.12. The first-order chi connectivity index (χ1) is 23.2. The van der Waals surface area contributed by atoms with Gasteiger partial charge in [0.2, 0.25) is 0 Å². The van der Waals surface area contributed by atoms with Crippen molar-refractivity contribution >= 4 is 60.5 Å². The molecular formula is C45H31NO. The van der Waals surface area contributed by atoms with Crippen LogP contribution in [0.15, 0.2) is 174 Å². The highest BCUT2D eigenvalue weighted by Gasteiger charge is 2.21. The average Bonchev–Trinajstić information content (AvgIpc) is 3.54. The number of para-hydroxylation sites is 1.